The summed E-state index contributed by atoms with van der Waals surface area (Å²) in [6, 6.07) is 16.7. The maximum Gasteiger partial charge on any atom is 0.407 e. The van der Waals surface area contributed by atoms with Crippen LogP contribution in [0.4, 0.5) is 16.3 Å². The number of fused-ring (bicyclic) bond motifs is 2. The minimum absolute atomic E-state index is 0.154. The standard InChI is InChI=1S/C35H40N8O4/c1-7-8-21-42-27-30(39(5)33(42)41-20-14-17-24(22-41)36-32(45)47-35(2,3)4)40(6)34(46)43(31(27)44)29-25-18-12-13-19-26(25)37-28(38-29)23-15-10-9-11-16-23/h9-13,15-16,18-19,24,33H,14,17,20-22H2,1-6H3,(H,36,45)/t24-,33?/m1/s1. The SMILES string of the molecule is CC#CCN1c2c(n(C)c(=O)n(-c3nc(-c4ccccc4)nc4ccccc34)c2=O)N(C)C1N1CCC[C@@H](NC(=O)OC(C)(C)C)C1. The van der Waals surface area contributed by atoms with Crippen molar-refractivity contribution >= 4 is 28.5 Å². The molecular formula is C35H40N8O4. The summed E-state index contributed by atoms with van der Waals surface area (Å²) in [7, 11) is 3.55. The normalized spacial score (nSPS) is 18.1. The average molecular weight is 637 g/mol. The molecule has 47 heavy (non-hydrogen) atoms. The third-order valence-electron chi connectivity index (χ3n) is 8.41. The van der Waals surface area contributed by atoms with Crippen molar-refractivity contribution in [2.24, 2.45) is 7.05 Å². The Labute approximate surface area is 273 Å². The van der Waals surface area contributed by atoms with Crippen LogP contribution in [0, 0.1) is 11.8 Å². The summed E-state index contributed by atoms with van der Waals surface area (Å²) in [5.41, 5.74) is 0.125. The van der Waals surface area contributed by atoms with E-state index in [1.807, 2.05) is 92.2 Å². The molecule has 2 aromatic carbocycles. The molecule has 1 saturated heterocycles. The lowest BCUT2D eigenvalue weighted by Crippen LogP contribution is -2.60. The lowest BCUT2D eigenvalue weighted by atomic mass is 10.1. The number of aromatic nitrogens is 4. The van der Waals surface area contributed by atoms with E-state index in [0.29, 0.717) is 34.8 Å². The molecular weight excluding hydrogens is 596 g/mol. The van der Waals surface area contributed by atoms with Crippen LogP contribution in [-0.2, 0) is 11.8 Å². The van der Waals surface area contributed by atoms with Crippen LogP contribution < -0.4 is 26.4 Å². The van der Waals surface area contributed by atoms with Crippen molar-refractivity contribution in [1.29, 1.82) is 0 Å². The number of hydrogen-bond acceptors (Lipinski definition) is 9. The number of alkyl carbamates (subject to hydrolysis) is 1. The number of rotatable bonds is 5. The van der Waals surface area contributed by atoms with Crippen LogP contribution in [0.5, 0.6) is 0 Å². The smallest absolute Gasteiger partial charge is 0.407 e. The summed E-state index contributed by atoms with van der Waals surface area (Å²) in [5, 5.41) is 3.60. The number of para-hydroxylation sites is 1. The second-order valence-electron chi connectivity index (χ2n) is 12.9. The van der Waals surface area contributed by atoms with Gasteiger partial charge in [-0.05, 0) is 52.7 Å². The summed E-state index contributed by atoms with van der Waals surface area (Å²) in [6.07, 6.45) is 0.736. The number of likely N-dealkylation sites (tertiary alicyclic amines) is 1. The highest BCUT2D eigenvalue weighted by Gasteiger charge is 2.44. The van der Waals surface area contributed by atoms with Crippen molar-refractivity contribution in [2.75, 3.05) is 36.5 Å². The molecule has 1 fully saturated rings. The van der Waals surface area contributed by atoms with E-state index in [9.17, 15) is 14.4 Å². The average Bonchev–Trinajstić information content (AvgIpc) is 3.34. The van der Waals surface area contributed by atoms with E-state index in [4.69, 9.17) is 14.7 Å². The van der Waals surface area contributed by atoms with Gasteiger partial charge in [0.1, 0.15) is 17.1 Å². The highest BCUT2D eigenvalue weighted by Crippen LogP contribution is 2.37. The van der Waals surface area contributed by atoms with E-state index in [1.54, 1.807) is 14.0 Å². The van der Waals surface area contributed by atoms with Gasteiger partial charge in [0.05, 0.1) is 12.1 Å². The first kappa shape index (κ1) is 31.8. The Morgan fingerprint density at radius 2 is 1.77 bits per heavy atom. The quantitative estimate of drug-likeness (QED) is 0.327. The summed E-state index contributed by atoms with van der Waals surface area (Å²) >= 11 is 0. The summed E-state index contributed by atoms with van der Waals surface area (Å²) in [5.74, 6) is 7.22. The van der Waals surface area contributed by atoms with Crippen molar-refractivity contribution in [2.45, 2.75) is 58.5 Å². The van der Waals surface area contributed by atoms with E-state index in [0.717, 1.165) is 29.5 Å². The highest BCUT2D eigenvalue weighted by molar-refractivity contribution is 5.87. The number of anilines is 2. The van der Waals surface area contributed by atoms with Crippen molar-refractivity contribution in [3.8, 4) is 29.0 Å². The number of hydrogen-bond donors (Lipinski definition) is 1. The van der Waals surface area contributed by atoms with E-state index >= 15 is 0 Å². The molecule has 6 rings (SSSR count). The van der Waals surface area contributed by atoms with Crippen LogP contribution in [0.3, 0.4) is 0 Å². The Bertz CT molecular complexity index is 2000. The van der Waals surface area contributed by atoms with E-state index in [2.05, 4.69) is 22.1 Å². The molecule has 4 heterocycles. The molecule has 4 aromatic rings. The molecule has 2 aliphatic rings. The maximum absolute atomic E-state index is 14.7. The second kappa shape index (κ2) is 12.6. The van der Waals surface area contributed by atoms with E-state index < -0.39 is 29.2 Å². The molecule has 2 atom stereocenters. The second-order valence-corrected chi connectivity index (χ2v) is 12.9. The number of amides is 1. The monoisotopic (exact) mass is 636 g/mol. The Kier molecular flexibility index (Phi) is 8.51. The lowest BCUT2D eigenvalue weighted by Gasteiger charge is -2.42. The molecule has 1 unspecified atom stereocenters. The predicted octanol–water partition coefficient (Wildman–Crippen LogP) is 3.70. The molecule has 12 heteroatoms. The fraction of sp³-hybridized carbons (Fsp3) is 0.400. The van der Waals surface area contributed by atoms with Gasteiger partial charge in [-0.25, -0.2) is 24.1 Å². The zero-order valence-electron chi connectivity index (χ0n) is 27.6. The highest BCUT2D eigenvalue weighted by atomic mass is 16.6. The zero-order chi connectivity index (χ0) is 33.5. The molecule has 1 N–H and O–H groups in total. The number of piperidine rings is 1. The predicted molar refractivity (Wildman–Crippen MR) is 183 cm³/mol. The van der Waals surface area contributed by atoms with Gasteiger partial charge >= 0.3 is 11.8 Å². The number of carbonyl (C=O) groups excluding carboxylic acids is 1. The molecule has 0 spiro atoms. The molecule has 244 valence electrons. The van der Waals surface area contributed by atoms with Gasteiger partial charge in [0.15, 0.2) is 17.9 Å². The maximum atomic E-state index is 14.7. The Balaban J connectivity index is 1.46. The third kappa shape index (κ3) is 6.06. The zero-order valence-corrected chi connectivity index (χ0v) is 27.6. The Morgan fingerprint density at radius 3 is 2.49 bits per heavy atom. The summed E-state index contributed by atoms with van der Waals surface area (Å²) < 4.78 is 8.17. The van der Waals surface area contributed by atoms with Crippen molar-refractivity contribution in [1.82, 2.24) is 29.3 Å². The largest absolute Gasteiger partial charge is 0.444 e. The third-order valence-corrected chi connectivity index (χ3v) is 8.41. The first-order valence-corrected chi connectivity index (χ1v) is 15.8. The van der Waals surface area contributed by atoms with E-state index in [1.165, 1.54) is 4.57 Å². The van der Waals surface area contributed by atoms with Gasteiger partial charge in [-0.15, -0.1) is 5.92 Å². The molecule has 0 bridgehead atoms. The first-order valence-electron chi connectivity index (χ1n) is 15.8. The van der Waals surface area contributed by atoms with E-state index in [-0.39, 0.29) is 18.4 Å². The van der Waals surface area contributed by atoms with Gasteiger partial charge in [-0.1, -0.05) is 48.4 Å². The van der Waals surface area contributed by atoms with Gasteiger partial charge < -0.3 is 19.9 Å². The number of benzene rings is 2. The molecule has 2 aliphatic heterocycles. The Hall–Kier alpha value is -5.15. The van der Waals surface area contributed by atoms with Crippen molar-refractivity contribution in [3.05, 3.63) is 75.4 Å². The fourth-order valence-corrected chi connectivity index (χ4v) is 6.49. The molecule has 1 amide bonds. The van der Waals surface area contributed by atoms with Crippen LogP contribution in [0.25, 0.3) is 28.1 Å². The topological polar surface area (TPSA) is 118 Å². The Morgan fingerprint density at radius 1 is 1.04 bits per heavy atom. The molecule has 0 radical (unpaired) electrons. The van der Waals surface area contributed by atoms with Crippen molar-refractivity contribution in [3.63, 3.8) is 0 Å². The summed E-state index contributed by atoms with van der Waals surface area (Å²) in [4.78, 5) is 57.2. The molecule has 0 saturated carbocycles. The molecule has 2 aromatic heterocycles. The van der Waals surface area contributed by atoms with Crippen LogP contribution in [0.2, 0.25) is 0 Å². The van der Waals surface area contributed by atoms with Gasteiger partial charge in [0.2, 0.25) is 0 Å². The van der Waals surface area contributed by atoms with Crippen LogP contribution in [0.15, 0.2) is 64.2 Å². The minimum Gasteiger partial charge on any atom is -0.444 e. The van der Waals surface area contributed by atoms with Crippen LogP contribution in [0.1, 0.15) is 40.5 Å². The lowest BCUT2D eigenvalue weighted by molar-refractivity contribution is 0.0456. The van der Waals surface area contributed by atoms with Crippen molar-refractivity contribution < 1.29 is 9.53 Å². The molecule has 0 aliphatic carbocycles. The number of nitrogens with zero attached hydrogens (tertiary/aromatic N) is 7. The van der Waals surface area contributed by atoms with Gasteiger partial charge in [0.25, 0.3) is 5.56 Å². The van der Waals surface area contributed by atoms with Gasteiger partial charge in [-0.2, -0.15) is 0 Å². The van der Waals surface area contributed by atoms with Crippen LogP contribution >= 0.6 is 0 Å². The number of nitrogens with one attached hydrogen (secondary N) is 1. The first-order chi connectivity index (χ1) is 22.5. The fourth-order valence-electron chi connectivity index (χ4n) is 6.49. The minimum atomic E-state index is -0.608. The summed E-state index contributed by atoms with van der Waals surface area (Å²) in [6.45, 7) is 8.77. The van der Waals surface area contributed by atoms with Crippen LogP contribution in [-0.4, -0.2) is 74.7 Å². The van der Waals surface area contributed by atoms with Gasteiger partial charge in [0, 0.05) is 44.2 Å². The number of ether oxygens (including phenoxy) is 1. The number of carbonyl (C=O) groups is 1. The van der Waals surface area contributed by atoms with Gasteiger partial charge in [-0.3, -0.25) is 14.3 Å². The molecule has 12 nitrogen and oxygen atoms in total.